The van der Waals surface area contributed by atoms with Gasteiger partial charge in [-0.05, 0) is 25.7 Å². The van der Waals surface area contributed by atoms with Gasteiger partial charge in [-0.25, -0.2) is 0 Å². The number of nitrogens with two attached hydrogens (primary N) is 1. The van der Waals surface area contributed by atoms with E-state index in [1.54, 1.807) is 4.52 Å². The molecule has 2 rings (SSSR count). The number of rotatable bonds is 4. The molecule has 4 N–H and O–H groups in total. The molecule has 0 fully saturated rings. The number of primary amides is 1. The lowest BCUT2D eigenvalue weighted by Gasteiger charge is -2.34. The van der Waals surface area contributed by atoms with Crippen molar-refractivity contribution in [3.63, 3.8) is 0 Å². The van der Waals surface area contributed by atoms with Crippen molar-refractivity contribution in [1.29, 1.82) is 0 Å². The van der Waals surface area contributed by atoms with Crippen molar-refractivity contribution < 1.29 is 4.79 Å². The van der Waals surface area contributed by atoms with Crippen molar-refractivity contribution in [2.24, 2.45) is 11.1 Å². The highest BCUT2D eigenvalue weighted by Crippen LogP contribution is 2.35. The first kappa shape index (κ1) is 18.4. The van der Waals surface area contributed by atoms with Crippen LogP contribution >= 0.6 is 0 Å². The fraction of sp³-hybridized carbons (Fsp3) is 0.667. The molecule has 0 aromatic carbocycles. The van der Waals surface area contributed by atoms with E-state index in [-0.39, 0.29) is 16.4 Å². The molecule has 0 unspecified atom stereocenters. The third-order valence-corrected chi connectivity index (χ3v) is 3.91. The molecule has 24 heavy (non-hydrogen) atoms. The number of anilines is 1. The van der Waals surface area contributed by atoms with Gasteiger partial charge in [-0.15, -0.1) is 0 Å². The summed E-state index contributed by atoms with van der Waals surface area (Å²) in [5.41, 5.74) is 7.45. The average Bonchev–Trinajstić information content (AvgIpc) is 2.84. The summed E-state index contributed by atoms with van der Waals surface area (Å²) in [5.74, 6) is 0.409. The van der Waals surface area contributed by atoms with Gasteiger partial charge in [-0.3, -0.25) is 4.79 Å². The number of carbonyl (C=O) groups excluding carboxylic acids is 1. The van der Waals surface area contributed by atoms with E-state index in [1.165, 1.54) is 6.20 Å². The van der Waals surface area contributed by atoms with Crippen LogP contribution in [0.1, 0.15) is 77.9 Å². The van der Waals surface area contributed by atoms with Gasteiger partial charge in [0.15, 0.2) is 0 Å². The summed E-state index contributed by atoms with van der Waals surface area (Å²) in [7, 11) is 0. The van der Waals surface area contributed by atoms with Gasteiger partial charge in [0, 0.05) is 11.0 Å². The maximum atomic E-state index is 11.6. The molecule has 0 atom stereocenters. The summed E-state index contributed by atoms with van der Waals surface area (Å²) in [5, 5.41) is 8.02. The predicted molar refractivity (Wildman–Crippen MR) is 98.5 cm³/mol. The van der Waals surface area contributed by atoms with E-state index in [0.717, 1.165) is 17.9 Å². The summed E-state index contributed by atoms with van der Waals surface area (Å²) in [6.45, 7) is 17.4. The van der Waals surface area contributed by atoms with E-state index in [4.69, 9.17) is 5.73 Å². The van der Waals surface area contributed by atoms with Crippen LogP contribution in [0, 0.1) is 5.41 Å². The molecule has 2 aromatic rings. The van der Waals surface area contributed by atoms with E-state index >= 15 is 0 Å². The molecule has 0 spiro atoms. The third kappa shape index (κ3) is 3.74. The van der Waals surface area contributed by atoms with Gasteiger partial charge in [0.2, 0.25) is 0 Å². The summed E-state index contributed by atoms with van der Waals surface area (Å²) < 4.78 is 1.76. The minimum absolute atomic E-state index is 0.129. The lowest BCUT2D eigenvalue weighted by Crippen LogP contribution is -2.36. The fourth-order valence-corrected chi connectivity index (χ4v) is 3.45. The molecule has 6 nitrogen and oxygen atoms in total. The van der Waals surface area contributed by atoms with Crippen LogP contribution in [0.4, 0.5) is 5.82 Å². The molecule has 6 heteroatoms. The maximum absolute atomic E-state index is 11.6. The minimum Gasteiger partial charge on any atom is -0.365 e. The highest BCUT2D eigenvalue weighted by atomic mass is 16.1. The first-order valence-electron chi connectivity index (χ1n) is 8.39. The molecule has 0 saturated heterocycles. The highest BCUT2D eigenvalue weighted by molar-refractivity contribution is 5.99. The Kier molecular flexibility index (Phi) is 4.23. The number of amides is 1. The second-order valence-corrected chi connectivity index (χ2v) is 9.53. The van der Waals surface area contributed by atoms with E-state index in [1.807, 2.05) is 0 Å². The van der Waals surface area contributed by atoms with Gasteiger partial charge in [-0.1, -0.05) is 41.5 Å². The van der Waals surface area contributed by atoms with Gasteiger partial charge in [0.05, 0.1) is 11.9 Å². The number of H-pyrrole nitrogens is 1. The van der Waals surface area contributed by atoms with Crippen LogP contribution in [0.2, 0.25) is 0 Å². The topological polar surface area (TPSA) is 88.2 Å². The predicted octanol–water partition coefficient (Wildman–Crippen LogP) is 3.69. The lowest BCUT2D eigenvalue weighted by atomic mass is 9.81. The van der Waals surface area contributed by atoms with Crippen molar-refractivity contribution in [1.82, 2.24) is 14.6 Å². The smallest absolute Gasteiger partial charge is 0.254 e. The van der Waals surface area contributed by atoms with Gasteiger partial charge in [0.25, 0.3) is 5.91 Å². The van der Waals surface area contributed by atoms with Gasteiger partial charge < -0.3 is 16.0 Å². The summed E-state index contributed by atoms with van der Waals surface area (Å²) >= 11 is 0. The quantitative estimate of drug-likeness (QED) is 0.797. The number of fused-ring (bicyclic) bond motifs is 1. The van der Waals surface area contributed by atoms with E-state index in [9.17, 15) is 4.79 Å². The molecule has 1 amide bonds. The molecule has 0 aliphatic carbocycles. The van der Waals surface area contributed by atoms with Crippen molar-refractivity contribution in [3.05, 3.63) is 17.5 Å². The van der Waals surface area contributed by atoms with Crippen LogP contribution in [-0.2, 0) is 5.41 Å². The molecule has 0 aliphatic rings. The second kappa shape index (κ2) is 5.53. The van der Waals surface area contributed by atoms with Crippen LogP contribution in [0.25, 0.3) is 5.65 Å². The number of nitrogens with zero attached hydrogens (tertiary/aromatic N) is 2. The number of aromatic amines is 1. The van der Waals surface area contributed by atoms with Crippen LogP contribution in [-0.4, -0.2) is 26.0 Å². The molecular formula is C18H31N5O. The molecule has 0 aliphatic heterocycles. The van der Waals surface area contributed by atoms with E-state index in [0.29, 0.717) is 11.2 Å². The van der Waals surface area contributed by atoms with Crippen molar-refractivity contribution in [2.75, 3.05) is 5.32 Å². The molecule has 134 valence electrons. The second-order valence-electron chi connectivity index (χ2n) is 9.53. The Morgan fingerprint density at radius 1 is 1.21 bits per heavy atom. The number of carbonyl (C=O) groups is 1. The Morgan fingerprint density at radius 2 is 1.79 bits per heavy atom. The molecule has 2 aromatic heterocycles. The van der Waals surface area contributed by atoms with Crippen LogP contribution in [0.5, 0.6) is 0 Å². The number of nitrogens with one attached hydrogen (secondary N) is 2. The number of aromatic nitrogens is 3. The Bertz CT molecular complexity index is 753. The standard InChI is InChI=1S/C18H31N5O/c1-16(2,3)10-18(7,8)22-15-12(17(4,5)6)21-14-11(13(19)24)9-20-23(14)15/h9,21-22H,10H2,1-8H3,(H2,19,24). The summed E-state index contributed by atoms with van der Waals surface area (Å²) in [6.07, 6.45) is 2.50. The molecule has 2 heterocycles. The SMILES string of the molecule is CC(C)(C)CC(C)(C)Nc1c(C(C)(C)C)[nH]c2c(C(N)=O)cnn12. The van der Waals surface area contributed by atoms with Crippen LogP contribution in [0.15, 0.2) is 6.20 Å². The first-order valence-corrected chi connectivity index (χ1v) is 8.39. The molecule has 0 radical (unpaired) electrons. The van der Waals surface area contributed by atoms with Gasteiger partial charge >= 0.3 is 0 Å². The third-order valence-electron chi connectivity index (χ3n) is 3.91. The lowest BCUT2D eigenvalue weighted by molar-refractivity contribution is 0.100. The zero-order valence-corrected chi connectivity index (χ0v) is 16.2. The van der Waals surface area contributed by atoms with Crippen molar-refractivity contribution in [3.8, 4) is 0 Å². The number of imidazole rings is 1. The normalized spacial score (nSPS) is 13.5. The van der Waals surface area contributed by atoms with Gasteiger partial charge in [-0.2, -0.15) is 9.61 Å². The summed E-state index contributed by atoms with van der Waals surface area (Å²) in [6, 6.07) is 0. The first-order chi connectivity index (χ1) is 10.7. The average molecular weight is 333 g/mol. The summed E-state index contributed by atoms with van der Waals surface area (Å²) in [4.78, 5) is 15.0. The van der Waals surface area contributed by atoms with Crippen molar-refractivity contribution >= 4 is 17.4 Å². The zero-order valence-electron chi connectivity index (χ0n) is 16.2. The molecule has 0 saturated carbocycles. The fourth-order valence-electron chi connectivity index (χ4n) is 3.45. The minimum atomic E-state index is -0.479. The number of hydrogen-bond donors (Lipinski definition) is 3. The van der Waals surface area contributed by atoms with Crippen molar-refractivity contribution in [2.45, 2.75) is 72.8 Å². The van der Waals surface area contributed by atoms with Gasteiger partial charge in [0.1, 0.15) is 17.0 Å². The monoisotopic (exact) mass is 333 g/mol. The zero-order chi connectivity index (χ0) is 18.5. The Balaban J connectivity index is 2.57. The molecule has 0 bridgehead atoms. The Labute approximate surface area is 144 Å². The van der Waals surface area contributed by atoms with E-state index < -0.39 is 5.91 Å². The number of hydrogen-bond acceptors (Lipinski definition) is 3. The van der Waals surface area contributed by atoms with Crippen LogP contribution in [0.3, 0.4) is 0 Å². The van der Waals surface area contributed by atoms with Crippen LogP contribution < -0.4 is 11.1 Å². The Hall–Kier alpha value is -1.98. The molecular weight excluding hydrogens is 302 g/mol. The Morgan fingerprint density at radius 3 is 2.25 bits per heavy atom. The highest BCUT2D eigenvalue weighted by Gasteiger charge is 2.31. The maximum Gasteiger partial charge on any atom is 0.254 e. The largest absolute Gasteiger partial charge is 0.365 e. The van der Waals surface area contributed by atoms with E-state index in [2.05, 4.69) is 70.8 Å².